The fraction of sp³-hybridized carbons (Fsp3) is 1.00. The van der Waals surface area contributed by atoms with E-state index in [2.05, 4.69) is 13.8 Å². The average Bonchev–Trinajstić information content (AvgIpc) is 1.96. The first-order valence-electron chi connectivity index (χ1n) is 5.80. The lowest BCUT2D eigenvalue weighted by Gasteiger charge is -2.63. The van der Waals surface area contributed by atoms with Gasteiger partial charge in [-0.15, -0.1) is 12.4 Å². The first-order chi connectivity index (χ1) is 6.01. The Balaban J connectivity index is 0.000000750. The molecule has 5 unspecified atom stereocenters. The number of halogens is 1. The fourth-order valence-electron chi connectivity index (χ4n) is 4.91. The maximum absolute atomic E-state index is 6.55. The van der Waals surface area contributed by atoms with Gasteiger partial charge in [0.15, 0.2) is 0 Å². The van der Waals surface area contributed by atoms with Crippen LogP contribution < -0.4 is 5.73 Å². The van der Waals surface area contributed by atoms with Gasteiger partial charge in [-0.05, 0) is 55.3 Å². The molecule has 4 rings (SSSR count). The molecule has 0 radical (unpaired) electrons. The van der Waals surface area contributed by atoms with Crippen LogP contribution in [0.25, 0.3) is 0 Å². The Kier molecular flexibility index (Phi) is 2.22. The minimum atomic E-state index is 0. The topological polar surface area (TPSA) is 26.0 Å². The maximum Gasteiger partial charge on any atom is 0.0190 e. The highest BCUT2D eigenvalue weighted by Gasteiger charge is 2.57. The molecule has 0 amide bonds. The van der Waals surface area contributed by atoms with E-state index in [1.807, 2.05) is 0 Å². The predicted octanol–water partition coefficient (Wildman–Crippen LogP) is 2.97. The number of rotatable bonds is 0. The molecule has 0 aliphatic heterocycles. The molecule has 5 atom stereocenters. The summed E-state index contributed by atoms with van der Waals surface area (Å²) in [6.07, 6.45) is 7.03. The molecule has 0 saturated heterocycles. The zero-order chi connectivity index (χ0) is 9.27. The summed E-state index contributed by atoms with van der Waals surface area (Å²) in [7, 11) is 0. The van der Waals surface area contributed by atoms with E-state index in [1.165, 1.54) is 32.1 Å². The predicted molar refractivity (Wildman–Crippen MR) is 61.5 cm³/mol. The Morgan fingerprint density at radius 1 is 1.21 bits per heavy atom. The third kappa shape index (κ3) is 1.25. The van der Waals surface area contributed by atoms with E-state index in [4.69, 9.17) is 5.73 Å². The Morgan fingerprint density at radius 2 is 1.93 bits per heavy atom. The van der Waals surface area contributed by atoms with Crippen molar-refractivity contribution in [3.63, 3.8) is 0 Å². The molecule has 14 heavy (non-hydrogen) atoms. The minimum Gasteiger partial charge on any atom is -0.325 e. The van der Waals surface area contributed by atoms with E-state index < -0.39 is 0 Å². The van der Waals surface area contributed by atoms with Gasteiger partial charge >= 0.3 is 0 Å². The summed E-state index contributed by atoms with van der Waals surface area (Å²) in [6.45, 7) is 4.87. The molecule has 1 nitrogen and oxygen atoms in total. The van der Waals surface area contributed by atoms with Crippen molar-refractivity contribution in [2.45, 2.75) is 51.5 Å². The fourth-order valence-corrected chi connectivity index (χ4v) is 4.91. The minimum absolute atomic E-state index is 0. The summed E-state index contributed by atoms with van der Waals surface area (Å²) < 4.78 is 0. The zero-order valence-electron chi connectivity index (χ0n) is 9.25. The smallest absolute Gasteiger partial charge is 0.0190 e. The van der Waals surface area contributed by atoms with Crippen molar-refractivity contribution in [1.29, 1.82) is 0 Å². The standard InChI is InChI=1S/C12H21N.ClH/c1-8-10-3-9-4-11(2,6-10)7-12(8,13)5-9;/h8-10H,3-7,13H2,1-2H3;1H. The molecule has 2 heteroatoms. The third-order valence-electron chi connectivity index (χ3n) is 5.21. The summed E-state index contributed by atoms with van der Waals surface area (Å²) >= 11 is 0. The number of hydrogen-bond donors (Lipinski definition) is 1. The van der Waals surface area contributed by atoms with Crippen LogP contribution >= 0.6 is 12.4 Å². The van der Waals surface area contributed by atoms with E-state index >= 15 is 0 Å². The molecule has 4 saturated carbocycles. The van der Waals surface area contributed by atoms with Gasteiger partial charge in [0.1, 0.15) is 0 Å². The van der Waals surface area contributed by atoms with Crippen molar-refractivity contribution in [2.24, 2.45) is 28.9 Å². The third-order valence-corrected chi connectivity index (χ3v) is 5.21. The normalized spacial score (nSPS) is 59.8. The monoisotopic (exact) mass is 215 g/mol. The van der Waals surface area contributed by atoms with Crippen LogP contribution in [0.15, 0.2) is 0 Å². The van der Waals surface area contributed by atoms with Crippen molar-refractivity contribution < 1.29 is 0 Å². The van der Waals surface area contributed by atoms with Crippen molar-refractivity contribution in [2.75, 3.05) is 0 Å². The Labute approximate surface area is 93.2 Å². The van der Waals surface area contributed by atoms with E-state index in [-0.39, 0.29) is 17.9 Å². The van der Waals surface area contributed by atoms with Crippen LogP contribution in [0.2, 0.25) is 0 Å². The van der Waals surface area contributed by atoms with E-state index in [0.717, 1.165) is 17.8 Å². The van der Waals surface area contributed by atoms with Crippen molar-refractivity contribution in [3.8, 4) is 0 Å². The molecule has 4 fully saturated rings. The quantitative estimate of drug-likeness (QED) is 0.661. The van der Waals surface area contributed by atoms with Crippen LogP contribution in [0.1, 0.15) is 46.0 Å². The van der Waals surface area contributed by atoms with Crippen LogP contribution in [-0.2, 0) is 0 Å². The first-order valence-corrected chi connectivity index (χ1v) is 5.80. The van der Waals surface area contributed by atoms with E-state index in [0.29, 0.717) is 5.41 Å². The lowest BCUT2D eigenvalue weighted by Crippen LogP contribution is -2.64. The second-order valence-corrected chi connectivity index (χ2v) is 6.48. The summed E-state index contributed by atoms with van der Waals surface area (Å²) in [6, 6.07) is 0. The lowest BCUT2D eigenvalue weighted by atomic mass is 9.44. The molecule has 82 valence electrons. The molecule has 4 aliphatic carbocycles. The van der Waals surface area contributed by atoms with E-state index in [1.54, 1.807) is 0 Å². The molecule has 0 aromatic rings. The first kappa shape index (κ1) is 10.8. The van der Waals surface area contributed by atoms with Gasteiger partial charge in [0.05, 0.1) is 0 Å². The Bertz CT molecular complexity index is 255. The van der Waals surface area contributed by atoms with Crippen LogP contribution in [0.5, 0.6) is 0 Å². The molecule has 4 aliphatic rings. The van der Waals surface area contributed by atoms with Crippen molar-refractivity contribution in [1.82, 2.24) is 0 Å². The van der Waals surface area contributed by atoms with Gasteiger partial charge in [0.25, 0.3) is 0 Å². The van der Waals surface area contributed by atoms with Gasteiger partial charge in [0.2, 0.25) is 0 Å². The van der Waals surface area contributed by atoms with Gasteiger partial charge in [-0.1, -0.05) is 13.8 Å². The molecular weight excluding hydrogens is 194 g/mol. The summed E-state index contributed by atoms with van der Waals surface area (Å²) in [5, 5.41) is 0. The Hall–Kier alpha value is 0.250. The summed E-state index contributed by atoms with van der Waals surface area (Å²) in [5.74, 6) is 2.71. The molecule has 4 bridgehead atoms. The molecule has 0 aromatic carbocycles. The highest BCUT2D eigenvalue weighted by molar-refractivity contribution is 5.85. The zero-order valence-corrected chi connectivity index (χ0v) is 10.1. The number of hydrogen-bond acceptors (Lipinski definition) is 1. The molecule has 0 heterocycles. The molecule has 2 N–H and O–H groups in total. The highest BCUT2D eigenvalue weighted by atomic mass is 35.5. The summed E-state index contributed by atoms with van der Waals surface area (Å²) in [4.78, 5) is 0. The molecular formula is C12H22ClN. The largest absolute Gasteiger partial charge is 0.325 e. The molecule has 0 spiro atoms. The van der Waals surface area contributed by atoms with Gasteiger partial charge in [-0.3, -0.25) is 0 Å². The van der Waals surface area contributed by atoms with Crippen molar-refractivity contribution in [3.05, 3.63) is 0 Å². The van der Waals surface area contributed by atoms with Crippen molar-refractivity contribution >= 4 is 12.4 Å². The average molecular weight is 216 g/mol. The van der Waals surface area contributed by atoms with E-state index in [9.17, 15) is 0 Å². The van der Waals surface area contributed by atoms with Gasteiger partial charge in [-0.25, -0.2) is 0 Å². The summed E-state index contributed by atoms with van der Waals surface area (Å²) in [5.41, 5.74) is 7.39. The van der Waals surface area contributed by atoms with Crippen LogP contribution in [0.4, 0.5) is 0 Å². The SMILES string of the molecule is CC1C2CC3CC(C)(C2)CC1(N)C3.Cl. The lowest BCUT2D eigenvalue weighted by molar-refractivity contribution is -0.0951. The maximum atomic E-state index is 6.55. The van der Waals surface area contributed by atoms with Gasteiger partial charge in [0, 0.05) is 5.54 Å². The van der Waals surface area contributed by atoms with Crippen LogP contribution in [-0.4, -0.2) is 5.54 Å². The van der Waals surface area contributed by atoms with Crippen LogP contribution in [0, 0.1) is 23.2 Å². The van der Waals surface area contributed by atoms with Crippen LogP contribution in [0.3, 0.4) is 0 Å². The highest BCUT2D eigenvalue weighted by Crippen LogP contribution is 2.62. The second-order valence-electron chi connectivity index (χ2n) is 6.48. The Morgan fingerprint density at radius 3 is 2.50 bits per heavy atom. The number of nitrogens with two attached hydrogens (primary N) is 1. The molecule has 0 aromatic heterocycles. The van der Waals surface area contributed by atoms with Gasteiger partial charge in [-0.2, -0.15) is 0 Å². The second kappa shape index (κ2) is 2.89. The van der Waals surface area contributed by atoms with Gasteiger partial charge < -0.3 is 5.73 Å².